The minimum absolute atomic E-state index is 0.00116. The zero-order valence-electron chi connectivity index (χ0n) is 13.4. The highest BCUT2D eigenvalue weighted by Gasteiger charge is 2.29. The predicted octanol–water partition coefficient (Wildman–Crippen LogP) is 1.16. The highest BCUT2D eigenvalue weighted by molar-refractivity contribution is 7.89. The second-order valence-corrected chi connectivity index (χ2v) is 6.46. The van der Waals surface area contributed by atoms with Crippen molar-refractivity contribution < 1.29 is 27.5 Å². The molecule has 0 radical (unpaired) electrons. The molecule has 0 unspecified atom stereocenters. The van der Waals surface area contributed by atoms with Gasteiger partial charge in [0.2, 0.25) is 10.0 Å². The third-order valence-electron chi connectivity index (χ3n) is 2.88. The number of ether oxygens (including phenoxy) is 2. The monoisotopic (exact) mass is 343 g/mol. The van der Waals surface area contributed by atoms with Crippen molar-refractivity contribution in [1.29, 1.82) is 0 Å². The van der Waals surface area contributed by atoms with Crippen molar-refractivity contribution >= 4 is 22.0 Å². The Morgan fingerprint density at radius 3 is 2.17 bits per heavy atom. The standard InChI is InChI=1S/C15H21NO6S/c1-4-21-14(17)10-13(15(18)22-5-2)16-23(19,20)12-8-6-11(3)7-9-12/h6-9,13,16H,4-5,10H2,1-3H3/t13-/m0/s1. The van der Waals surface area contributed by atoms with E-state index in [0.717, 1.165) is 5.56 Å². The average molecular weight is 343 g/mol. The number of sulfonamides is 1. The third kappa shape index (κ3) is 5.99. The van der Waals surface area contributed by atoms with Gasteiger partial charge < -0.3 is 9.47 Å². The smallest absolute Gasteiger partial charge is 0.324 e. The van der Waals surface area contributed by atoms with Gasteiger partial charge in [0.25, 0.3) is 0 Å². The molecule has 0 aliphatic rings. The second-order valence-electron chi connectivity index (χ2n) is 4.75. The summed E-state index contributed by atoms with van der Waals surface area (Å²) in [6.45, 7) is 5.25. The number of hydrogen-bond acceptors (Lipinski definition) is 6. The summed E-state index contributed by atoms with van der Waals surface area (Å²) in [4.78, 5) is 23.5. The van der Waals surface area contributed by atoms with E-state index in [1.54, 1.807) is 26.0 Å². The van der Waals surface area contributed by atoms with Crippen molar-refractivity contribution in [3.8, 4) is 0 Å². The first-order chi connectivity index (χ1) is 10.8. The van der Waals surface area contributed by atoms with Crippen LogP contribution in [-0.4, -0.2) is 39.6 Å². The second kappa shape index (κ2) is 8.64. The Kier molecular flexibility index (Phi) is 7.18. The van der Waals surface area contributed by atoms with Crippen LogP contribution in [-0.2, 0) is 29.1 Å². The summed E-state index contributed by atoms with van der Waals surface area (Å²) >= 11 is 0. The Bertz CT molecular complexity index is 638. The lowest BCUT2D eigenvalue weighted by Gasteiger charge is -2.16. The van der Waals surface area contributed by atoms with Crippen LogP contribution in [0, 0.1) is 6.92 Å². The van der Waals surface area contributed by atoms with Crippen LogP contribution in [0.5, 0.6) is 0 Å². The molecular formula is C15H21NO6S. The molecule has 0 bridgehead atoms. The maximum absolute atomic E-state index is 12.3. The molecule has 0 saturated carbocycles. The summed E-state index contributed by atoms with van der Waals surface area (Å²) in [6.07, 6.45) is -0.433. The van der Waals surface area contributed by atoms with Crippen LogP contribution < -0.4 is 4.72 Å². The number of benzene rings is 1. The fraction of sp³-hybridized carbons (Fsp3) is 0.467. The van der Waals surface area contributed by atoms with E-state index in [2.05, 4.69) is 4.72 Å². The molecule has 7 nitrogen and oxygen atoms in total. The molecule has 8 heteroatoms. The summed E-state index contributed by atoms with van der Waals surface area (Å²) in [5.41, 5.74) is 0.900. The Hall–Kier alpha value is -1.93. The van der Waals surface area contributed by atoms with Gasteiger partial charge in [0.1, 0.15) is 6.04 Å². The van der Waals surface area contributed by atoms with Gasteiger partial charge in [-0.3, -0.25) is 9.59 Å². The zero-order chi connectivity index (χ0) is 17.5. The van der Waals surface area contributed by atoms with Gasteiger partial charge in [-0.25, -0.2) is 8.42 Å². The van der Waals surface area contributed by atoms with Crippen molar-refractivity contribution in [2.45, 2.75) is 38.1 Å². The highest BCUT2D eigenvalue weighted by Crippen LogP contribution is 2.12. The van der Waals surface area contributed by atoms with Gasteiger partial charge in [0.15, 0.2) is 0 Å². The van der Waals surface area contributed by atoms with Crippen LogP contribution in [0.1, 0.15) is 25.8 Å². The number of rotatable bonds is 8. The normalized spacial score (nSPS) is 12.5. The zero-order valence-corrected chi connectivity index (χ0v) is 14.2. The molecular weight excluding hydrogens is 322 g/mol. The lowest BCUT2D eigenvalue weighted by atomic mass is 10.2. The van der Waals surface area contributed by atoms with Gasteiger partial charge in [0, 0.05) is 0 Å². The van der Waals surface area contributed by atoms with Crippen LogP contribution in [0.15, 0.2) is 29.2 Å². The number of carbonyl (C=O) groups is 2. The molecule has 1 atom stereocenters. The van der Waals surface area contributed by atoms with E-state index in [-0.39, 0.29) is 18.1 Å². The van der Waals surface area contributed by atoms with E-state index in [4.69, 9.17) is 9.47 Å². The minimum atomic E-state index is -3.96. The summed E-state index contributed by atoms with van der Waals surface area (Å²) in [7, 11) is -3.96. The van der Waals surface area contributed by atoms with E-state index < -0.39 is 34.4 Å². The van der Waals surface area contributed by atoms with E-state index in [1.165, 1.54) is 12.1 Å². The summed E-state index contributed by atoms with van der Waals surface area (Å²) < 4.78 is 36.4. The van der Waals surface area contributed by atoms with Crippen LogP contribution in [0.3, 0.4) is 0 Å². The Morgan fingerprint density at radius 2 is 1.65 bits per heavy atom. The SMILES string of the molecule is CCOC(=O)C[C@H](NS(=O)(=O)c1ccc(C)cc1)C(=O)OCC. The fourth-order valence-electron chi connectivity index (χ4n) is 1.78. The molecule has 1 rings (SSSR count). The first-order valence-corrected chi connectivity index (χ1v) is 8.69. The maximum Gasteiger partial charge on any atom is 0.324 e. The van der Waals surface area contributed by atoms with Crippen molar-refractivity contribution in [1.82, 2.24) is 4.72 Å². The van der Waals surface area contributed by atoms with Gasteiger partial charge in [-0.05, 0) is 32.9 Å². The molecule has 0 aliphatic carbocycles. The molecule has 128 valence electrons. The third-order valence-corrected chi connectivity index (χ3v) is 4.36. The molecule has 1 aromatic carbocycles. The van der Waals surface area contributed by atoms with Crippen LogP contribution in [0.4, 0.5) is 0 Å². The molecule has 1 N–H and O–H groups in total. The molecule has 0 saturated heterocycles. The number of esters is 2. The summed E-state index contributed by atoms with van der Waals surface area (Å²) in [5, 5.41) is 0. The van der Waals surface area contributed by atoms with Gasteiger partial charge in [-0.1, -0.05) is 17.7 Å². The maximum atomic E-state index is 12.3. The Labute approximate surface area is 136 Å². The highest BCUT2D eigenvalue weighted by atomic mass is 32.2. The van der Waals surface area contributed by atoms with Gasteiger partial charge in [0.05, 0.1) is 24.5 Å². The lowest BCUT2D eigenvalue weighted by Crippen LogP contribution is -2.43. The predicted molar refractivity (Wildman–Crippen MR) is 83.2 cm³/mol. The average Bonchev–Trinajstić information content (AvgIpc) is 2.47. The van der Waals surface area contributed by atoms with Crippen LogP contribution >= 0.6 is 0 Å². The minimum Gasteiger partial charge on any atom is -0.466 e. The molecule has 0 amide bonds. The van der Waals surface area contributed by atoms with Crippen molar-refractivity contribution in [2.75, 3.05) is 13.2 Å². The van der Waals surface area contributed by atoms with Crippen molar-refractivity contribution in [3.63, 3.8) is 0 Å². The first-order valence-electron chi connectivity index (χ1n) is 7.21. The number of hydrogen-bond donors (Lipinski definition) is 1. The van der Waals surface area contributed by atoms with Crippen molar-refractivity contribution in [3.05, 3.63) is 29.8 Å². The number of carbonyl (C=O) groups excluding carboxylic acids is 2. The van der Waals surface area contributed by atoms with Crippen LogP contribution in [0.2, 0.25) is 0 Å². The molecule has 0 spiro atoms. The topological polar surface area (TPSA) is 98.8 Å². The molecule has 0 aliphatic heterocycles. The van der Waals surface area contributed by atoms with Gasteiger partial charge in [-0.15, -0.1) is 0 Å². The molecule has 0 heterocycles. The fourth-order valence-corrected chi connectivity index (χ4v) is 2.96. The summed E-state index contributed by atoms with van der Waals surface area (Å²) in [5.74, 6) is -1.51. The van der Waals surface area contributed by atoms with E-state index in [0.29, 0.717) is 0 Å². The molecule has 23 heavy (non-hydrogen) atoms. The van der Waals surface area contributed by atoms with Crippen molar-refractivity contribution in [2.24, 2.45) is 0 Å². The molecule has 0 fully saturated rings. The number of nitrogens with one attached hydrogen (secondary N) is 1. The quantitative estimate of drug-likeness (QED) is 0.711. The lowest BCUT2D eigenvalue weighted by molar-refractivity contribution is -0.151. The summed E-state index contributed by atoms with van der Waals surface area (Å²) in [6, 6.07) is 4.79. The van der Waals surface area contributed by atoms with E-state index >= 15 is 0 Å². The van der Waals surface area contributed by atoms with Gasteiger partial charge in [-0.2, -0.15) is 4.72 Å². The first kappa shape index (κ1) is 19.1. The van der Waals surface area contributed by atoms with E-state index in [1.807, 2.05) is 6.92 Å². The van der Waals surface area contributed by atoms with E-state index in [9.17, 15) is 18.0 Å². The largest absolute Gasteiger partial charge is 0.466 e. The Morgan fingerprint density at radius 1 is 1.09 bits per heavy atom. The number of aryl methyl sites for hydroxylation is 1. The Balaban J connectivity index is 2.96. The van der Waals surface area contributed by atoms with Crippen LogP contribution in [0.25, 0.3) is 0 Å². The molecule has 1 aromatic rings. The van der Waals surface area contributed by atoms with Gasteiger partial charge >= 0.3 is 11.9 Å². The molecule has 0 aromatic heterocycles.